The van der Waals surface area contributed by atoms with E-state index in [4.69, 9.17) is 11.5 Å². The normalized spacial score (nSPS) is 13.8. The van der Waals surface area contributed by atoms with Crippen molar-refractivity contribution in [2.75, 3.05) is 13.1 Å². The molecule has 2 N–H and O–H groups in total. The van der Waals surface area contributed by atoms with Gasteiger partial charge in [0, 0.05) is 19.3 Å². The van der Waals surface area contributed by atoms with Crippen LogP contribution >= 0.6 is 0 Å². The first-order valence-electron chi connectivity index (χ1n) is 5.39. The van der Waals surface area contributed by atoms with Crippen LogP contribution in [0.3, 0.4) is 0 Å². The second-order valence-corrected chi connectivity index (χ2v) is 4.00. The van der Waals surface area contributed by atoms with Gasteiger partial charge in [0.1, 0.15) is 5.56 Å². The molecule has 1 amide bonds. The summed E-state index contributed by atoms with van der Waals surface area (Å²) in [4.78, 5) is 35.8. The summed E-state index contributed by atoms with van der Waals surface area (Å²) in [6.45, 7) is 0.613. The standard InChI is InChI=1S/C12H10N2O5/c1-2-3-13-4-5-14-6-7(12(18)19)9(15)10(16)8(14)11(13)17/h1,6,16H,3-5H2,(H,18,19). The molecule has 2 rings (SSSR count). The number of aromatic hydroxyl groups is 1. The lowest BCUT2D eigenvalue weighted by molar-refractivity contribution is 0.0679. The number of amides is 1. The highest BCUT2D eigenvalue weighted by atomic mass is 16.4. The Balaban J connectivity index is 2.61. The fourth-order valence-electron chi connectivity index (χ4n) is 1.94. The summed E-state index contributed by atoms with van der Waals surface area (Å²) in [7, 11) is 0. The number of rotatable bonds is 2. The molecule has 0 aliphatic carbocycles. The van der Waals surface area contributed by atoms with Crippen molar-refractivity contribution in [2.24, 2.45) is 0 Å². The van der Waals surface area contributed by atoms with Gasteiger partial charge in [-0.1, -0.05) is 5.92 Å². The highest BCUT2D eigenvalue weighted by molar-refractivity contribution is 5.97. The average Bonchev–Trinajstić information content (AvgIpc) is 2.36. The Morgan fingerprint density at radius 2 is 2.11 bits per heavy atom. The molecule has 19 heavy (non-hydrogen) atoms. The largest absolute Gasteiger partial charge is 0.503 e. The van der Waals surface area contributed by atoms with Crippen LogP contribution in [0.2, 0.25) is 0 Å². The van der Waals surface area contributed by atoms with Crippen molar-refractivity contribution in [3.8, 4) is 18.1 Å². The molecule has 0 unspecified atom stereocenters. The number of pyridine rings is 1. The third kappa shape index (κ3) is 1.93. The van der Waals surface area contributed by atoms with Gasteiger partial charge in [-0.05, 0) is 0 Å². The number of nitrogens with zero attached hydrogens (tertiary/aromatic N) is 2. The number of hydrogen-bond acceptors (Lipinski definition) is 4. The molecule has 1 aromatic heterocycles. The zero-order valence-corrected chi connectivity index (χ0v) is 9.79. The van der Waals surface area contributed by atoms with Crippen LogP contribution in [0.1, 0.15) is 20.8 Å². The number of fused-ring (bicyclic) bond motifs is 1. The molecule has 7 heteroatoms. The number of carboxylic acid groups (broad SMARTS) is 1. The van der Waals surface area contributed by atoms with Crippen molar-refractivity contribution in [3.05, 3.63) is 27.7 Å². The van der Waals surface area contributed by atoms with Crippen molar-refractivity contribution < 1.29 is 19.8 Å². The van der Waals surface area contributed by atoms with Gasteiger partial charge in [0.25, 0.3) is 5.91 Å². The molecule has 7 nitrogen and oxygen atoms in total. The summed E-state index contributed by atoms with van der Waals surface area (Å²) in [5, 5.41) is 18.6. The van der Waals surface area contributed by atoms with Crippen LogP contribution in [-0.4, -0.2) is 44.6 Å². The Kier molecular flexibility index (Phi) is 3.00. The summed E-state index contributed by atoms with van der Waals surface area (Å²) in [6.07, 6.45) is 6.18. The van der Waals surface area contributed by atoms with Gasteiger partial charge in [-0.15, -0.1) is 6.42 Å². The SMILES string of the molecule is C#CCN1CCn2cc(C(=O)O)c(=O)c(O)c2C1=O. The predicted octanol–water partition coefficient (Wildman–Crippen LogP) is -0.659. The lowest BCUT2D eigenvalue weighted by Crippen LogP contribution is -2.42. The third-order valence-electron chi connectivity index (χ3n) is 2.87. The molecule has 0 saturated carbocycles. The lowest BCUT2D eigenvalue weighted by atomic mass is 10.1. The van der Waals surface area contributed by atoms with Gasteiger partial charge in [0.05, 0.1) is 6.54 Å². The van der Waals surface area contributed by atoms with Crippen LogP contribution in [0, 0.1) is 12.3 Å². The summed E-state index contributed by atoms with van der Waals surface area (Å²) in [6, 6.07) is 0. The first-order valence-corrected chi connectivity index (χ1v) is 5.39. The quantitative estimate of drug-likeness (QED) is 0.689. The van der Waals surface area contributed by atoms with E-state index in [9.17, 15) is 19.5 Å². The Labute approximate surface area is 107 Å². The number of hydrogen-bond donors (Lipinski definition) is 2. The fourth-order valence-corrected chi connectivity index (χ4v) is 1.94. The summed E-state index contributed by atoms with van der Waals surface area (Å²) in [5.41, 5.74) is -1.87. The zero-order valence-electron chi connectivity index (χ0n) is 9.79. The molecule has 98 valence electrons. The third-order valence-corrected chi connectivity index (χ3v) is 2.87. The Morgan fingerprint density at radius 3 is 2.68 bits per heavy atom. The predicted molar refractivity (Wildman–Crippen MR) is 64.1 cm³/mol. The minimum atomic E-state index is -1.45. The van der Waals surface area contributed by atoms with E-state index in [1.54, 1.807) is 0 Å². The maximum absolute atomic E-state index is 12.0. The van der Waals surface area contributed by atoms with Gasteiger partial charge < -0.3 is 19.7 Å². The van der Waals surface area contributed by atoms with Crippen molar-refractivity contribution in [1.29, 1.82) is 0 Å². The van der Waals surface area contributed by atoms with Crippen LogP contribution < -0.4 is 5.43 Å². The number of aromatic nitrogens is 1. The van der Waals surface area contributed by atoms with Crippen LogP contribution in [-0.2, 0) is 6.54 Å². The van der Waals surface area contributed by atoms with Gasteiger partial charge in [-0.25, -0.2) is 4.79 Å². The first-order chi connectivity index (χ1) is 8.97. The summed E-state index contributed by atoms with van der Waals surface area (Å²) >= 11 is 0. The second-order valence-electron chi connectivity index (χ2n) is 4.00. The topological polar surface area (TPSA) is 99.8 Å². The molecule has 0 fully saturated rings. The minimum absolute atomic E-state index is 0.0626. The van der Waals surface area contributed by atoms with Crippen molar-refractivity contribution >= 4 is 11.9 Å². The maximum Gasteiger partial charge on any atom is 0.341 e. The smallest absolute Gasteiger partial charge is 0.341 e. The molecule has 0 saturated heterocycles. The van der Waals surface area contributed by atoms with E-state index >= 15 is 0 Å². The van der Waals surface area contributed by atoms with Gasteiger partial charge in [0.2, 0.25) is 5.43 Å². The number of terminal acetylenes is 1. The van der Waals surface area contributed by atoms with Crippen LogP contribution in [0.25, 0.3) is 0 Å². The van der Waals surface area contributed by atoms with Gasteiger partial charge in [0.15, 0.2) is 11.4 Å². The molecule has 0 aromatic carbocycles. The average molecular weight is 262 g/mol. The number of carbonyl (C=O) groups excluding carboxylic acids is 1. The highest BCUT2D eigenvalue weighted by Crippen LogP contribution is 2.19. The molecule has 1 aliphatic rings. The van der Waals surface area contributed by atoms with E-state index in [2.05, 4.69) is 5.92 Å². The fraction of sp³-hybridized carbons (Fsp3) is 0.250. The molecule has 0 bridgehead atoms. The Hall–Kier alpha value is -2.75. The number of carboxylic acids is 1. The Morgan fingerprint density at radius 1 is 1.42 bits per heavy atom. The molecular weight excluding hydrogens is 252 g/mol. The van der Waals surface area contributed by atoms with Crippen LogP contribution in [0.5, 0.6) is 5.75 Å². The summed E-state index contributed by atoms with van der Waals surface area (Å²) < 4.78 is 1.26. The highest BCUT2D eigenvalue weighted by Gasteiger charge is 2.30. The molecule has 2 heterocycles. The van der Waals surface area contributed by atoms with E-state index < -0.39 is 28.6 Å². The van der Waals surface area contributed by atoms with Gasteiger partial charge in [-0.2, -0.15) is 0 Å². The van der Waals surface area contributed by atoms with Crippen molar-refractivity contribution in [3.63, 3.8) is 0 Å². The maximum atomic E-state index is 12.0. The number of aromatic carboxylic acids is 1. The van der Waals surface area contributed by atoms with E-state index in [1.165, 1.54) is 9.47 Å². The molecule has 1 aromatic rings. The minimum Gasteiger partial charge on any atom is -0.503 e. The monoisotopic (exact) mass is 262 g/mol. The summed E-state index contributed by atoms with van der Waals surface area (Å²) in [5.74, 6) is -0.588. The lowest BCUT2D eigenvalue weighted by Gasteiger charge is -2.28. The Bertz CT molecular complexity index is 668. The molecular formula is C12H10N2O5. The zero-order chi connectivity index (χ0) is 14.2. The molecule has 0 radical (unpaired) electrons. The first kappa shape index (κ1) is 12.7. The van der Waals surface area contributed by atoms with Crippen LogP contribution in [0.15, 0.2) is 11.0 Å². The van der Waals surface area contributed by atoms with Gasteiger partial charge >= 0.3 is 5.97 Å². The molecule has 1 aliphatic heterocycles. The van der Waals surface area contributed by atoms with Crippen LogP contribution in [0.4, 0.5) is 0 Å². The second kappa shape index (κ2) is 4.49. The van der Waals surface area contributed by atoms with E-state index in [0.29, 0.717) is 0 Å². The van der Waals surface area contributed by atoms with E-state index in [0.717, 1.165) is 6.20 Å². The number of carbonyl (C=O) groups is 2. The van der Waals surface area contributed by atoms with Crippen molar-refractivity contribution in [2.45, 2.75) is 6.54 Å². The molecule has 0 atom stereocenters. The van der Waals surface area contributed by atoms with Gasteiger partial charge in [-0.3, -0.25) is 9.59 Å². The molecule has 0 spiro atoms. The van der Waals surface area contributed by atoms with E-state index in [1.807, 2.05) is 0 Å². The van der Waals surface area contributed by atoms with E-state index in [-0.39, 0.29) is 25.3 Å². The van der Waals surface area contributed by atoms with Crippen molar-refractivity contribution in [1.82, 2.24) is 9.47 Å².